The molecule has 7 heteroatoms. The quantitative estimate of drug-likeness (QED) is 0.810. The number of rotatable bonds is 3. The number of phenols is 1. The molecule has 0 aromatic heterocycles. The molecule has 29 heavy (non-hydrogen) atoms. The van der Waals surface area contributed by atoms with Crippen LogP contribution in [0.15, 0.2) is 12.1 Å². The number of aliphatic hydroxyl groups excluding tert-OH is 1. The number of methoxy groups -OCH3 is 3. The van der Waals surface area contributed by atoms with Crippen molar-refractivity contribution in [3.8, 4) is 45.6 Å². The van der Waals surface area contributed by atoms with Crippen LogP contribution in [0.5, 0.6) is 34.5 Å². The Balaban J connectivity index is 2.14. The van der Waals surface area contributed by atoms with Gasteiger partial charge in [-0.3, -0.25) is 0 Å². The van der Waals surface area contributed by atoms with Gasteiger partial charge in [-0.05, 0) is 41.5 Å². The van der Waals surface area contributed by atoms with Crippen molar-refractivity contribution in [3.05, 3.63) is 23.3 Å². The Morgan fingerprint density at radius 2 is 1.69 bits per heavy atom. The highest BCUT2D eigenvalue weighted by Crippen LogP contribution is 2.57. The van der Waals surface area contributed by atoms with Crippen LogP contribution in [-0.2, 0) is 6.42 Å². The minimum atomic E-state index is -0.774. The summed E-state index contributed by atoms with van der Waals surface area (Å²) in [5.41, 5.74) is 2.63. The van der Waals surface area contributed by atoms with Gasteiger partial charge < -0.3 is 33.9 Å². The van der Waals surface area contributed by atoms with Gasteiger partial charge in [0.25, 0.3) is 0 Å². The van der Waals surface area contributed by atoms with Crippen molar-refractivity contribution in [2.24, 2.45) is 11.8 Å². The molecule has 2 N–H and O–H groups in total. The minimum absolute atomic E-state index is 0.0396. The zero-order valence-corrected chi connectivity index (χ0v) is 17.2. The summed E-state index contributed by atoms with van der Waals surface area (Å²) in [6, 6.07) is 3.65. The van der Waals surface area contributed by atoms with Gasteiger partial charge in [0, 0.05) is 11.1 Å². The van der Waals surface area contributed by atoms with Crippen molar-refractivity contribution < 1.29 is 33.9 Å². The summed E-state index contributed by atoms with van der Waals surface area (Å²) in [4.78, 5) is 0. The molecule has 2 aromatic carbocycles. The van der Waals surface area contributed by atoms with Crippen LogP contribution in [-0.4, -0.2) is 38.3 Å². The van der Waals surface area contributed by atoms with E-state index in [1.54, 1.807) is 6.07 Å². The van der Waals surface area contributed by atoms with Gasteiger partial charge in [-0.25, -0.2) is 0 Å². The smallest absolute Gasteiger partial charge is 0.231 e. The molecule has 0 bridgehead atoms. The normalized spacial score (nSPS) is 22.2. The number of phenolic OH excluding ortho intramolecular Hbond substituents is 1. The van der Waals surface area contributed by atoms with Crippen molar-refractivity contribution >= 4 is 0 Å². The molecular weight excluding hydrogens is 376 g/mol. The van der Waals surface area contributed by atoms with Crippen molar-refractivity contribution in [2.45, 2.75) is 26.4 Å². The van der Waals surface area contributed by atoms with Gasteiger partial charge in [-0.15, -0.1) is 0 Å². The maximum Gasteiger partial charge on any atom is 0.231 e. The Bertz CT molecular complexity index is 953. The van der Waals surface area contributed by atoms with Gasteiger partial charge >= 0.3 is 0 Å². The molecule has 7 nitrogen and oxygen atoms in total. The Labute approximate surface area is 169 Å². The molecule has 0 saturated heterocycles. The Hall–Kier alpha value is -2.80. The van der Waals surface area contributed by atoms with Gasteiger partial charge in [0.05, 0.1) is 27.4 Å². The predicted octanol–water partition coefficient (Wildman–Crippen LogP) is 3.68. The first-order valence-corrected chi connectivity index (χ1v) is 9.58. The van der Waals surface area contributed by atoms with Crippen LogP contribution in [0.3, 0.4) is 0 Å². The Morgan fingerprint density at radius 3 is 2.34 bits per heavy atom. The van der Waals surface area contributed by atoms with E-state index in [0.717, 1.165) is 5.56 Å². The third-order valence-corrected chi connectivity index (χ3v) is 6.09. The number of ether oxygens (including phenoxy) is 5. The summed E-state index contributed by atoms with van der Waals surface area (Å²) >= 11 is 0. The van der Waals surface area contributed by atoms with Crippen LogP contribution >= 0.6 is 0 Å². The number of aromatic hydroxyl groups is 1. The lowest BCUT2D eigenvalue weighted by Gasteiger charge is -2.32. The molecule has 0 amide bonds. The molecule has 4 rings (SSSR count). The third kappa shape index (κ3) is 2.83. The second-order valence-corrected chi connectivity index (χ2v) is 7.59. The average Bonchev–Trinajstić information content (AvgIpc) is 3.19. The molecule has 0 unspecified atom stereocenters. The van der Waals surface area contributed by atoms with E-state index in [2.05, 4.69) is 6.92 Å². The highest BCUT2D eigenvalue weighted by molar-refractivity contribution is 5.88. The molecule has 0 fully saturated rings. The number of fused-ring (bicyclic) bond motifs is 4. The Morgan fingerprint density at radius 1 is 0.966 bits per heavy atom. The van der Waals surface area contributed by atoms with Gasteiger partial charge in [-0.2, -0.15) is 0 Å². The van der Waals surface area contributed by atoms with E-state index in [9.17, 15) is 10.2 Å². The second-order valence-electron chi connectivity index (χ2n) is 7.59. The lowest BCUT2D eigenvalue weighted by Crippen LogP contribution is -2.22. The molecule has 2 aliphatic rings. The van der Waals surface area contributed by atoms with E-state index in [1.165, 1.54) is 21.3 Å². The summed E-state index contributed by atoms with van der Waals surface area (Å²) in [6.45, 7) is 4.17. The summed E-state index contributed by atoms with van der Waals surface area (Å²) < 4.78 is 27.8. The van der Waals surface area contributed by atoms with Crippen LogP contribution < -0.4 is 23.7 Å². The lowest BCUT2D eigenvalue weighted by molar-refractivity contribution is 0.0864. The zero-order chi connectivity index (χ0) is 20.9. The molecule has 3 atom stereocenters. The standard InChI is InChI=1S/C22H26O7/c1-10-6-12-7-14(25-3)20(26-4)19(24)16(12)17-13(18(23)11(10)2)8-15-21(22(17)27-5)29-9-28-15/h7-8,10-11,18,23-24H,6,9H2,1-5H3/t10-,11-,18-/m1/s1. The van der Waals surface area contributed by atoms with E-state index < -0.39 is 6.10 Å². The minimum Gasteiger partial charge on any atom is -0.504 e. The number of aliphatic hydroxyl groups is 1. The number of benzene rings is 2. The van der Waals surface area contributed by atoms with Crippen molar-refractivity contribution in [1.82, 2.24) is 0 Å². The van der Waals surface area contributed by atoms with E-state index in [1.807, 2.05) is 13.0 Å². The van der Waals surface area contributed by atoms with Gasteiger partial charge in [0.15, 0.2) is 23.0 Å². The van der Waals surface area contributed by atoms with Gasteiger partial charge in [0.2, 0.25) is 18.3 Å². The van der Waals surface area contributed by atoms with E-state index in [-0.39, 0.29) is 30.1 Å². The highest BCUT2D eigenvalue weighted by atomic mass is 16.7. The molecule has 0 saturated carbocycles. The zero-order valence-electron chi connectivity index (χ0n) is 17.2. The van der Waals surface area contributed by atoms with Crippen molar-refractivity contribution in [1.29, 1.82) is 0 Å². The van der Waals surface area contributed by atoms with Gasteiger partial charge in [0.1, 0.15) is 0 Å². The Kier molecular flexibility index (Phi) is 4.86. The molecule has 1 aliphatic carbocycles. The SMILES string of the molecule is COc1cc2c(c(O)c1OC)-c1c(cc3c(c1OC)OCO3)[C@H](O)[C@H](C)[C@H](C)C2. The average molecular weight is 402 g/mol. The predicted molar refractivity (Wildman–Crippen MR) is 106 cm³/mol. The largest absolute Gasteiger partial charge is 0.504 e. The molecule has 0 radical (unpaired) electrons. The van der Waals surface area contributed by atoms with E-state index >= 15 is 0 Å². The summed E-state index contributed by atoms with van der Waals surface area (Å²) in [6.07, 6.45) is -0.137. The fourth-order valence-corrected chi connectivity index (χ4v) is 4.31. The molecule has 0 spiro atoms. The first kappa shape index (κ1) is 19.5. The highest BCUT2D eigenvalue weighted by Gasteiger charge is 2.37. The maximum absolute atomic E-state index is 11.2. The lowest BCUT2D eigenvalue weighted by atomic mass is 9.76. The fourth-order valence-electron chi connectivity index (χ4n) is 4.31. The fraction of sp³-hybridized carbons (Fsp3) is 0.455. The topological polar surface area (TPSA) is 86.6 Å². The monoisotopic (exact) mass is 402 g/mol. The summed E-state index contributed by atoms with van der Waals surface area (Å²) in [5, 5.41) is 22.4. The van der Waals surface area contributed by atoms with E-state index in [4.69, 9.17) is 23.7 Å². The molecule has 1 aliphatic heterocycles. The first-order valence-electron chi connectivity index (χ1n) is 9.58. The molecular formula is C22H26O7. The van der Waals surface area contributed by atoms with Crippen LogP contribution in [0, 0.1) is 11.8 Å². The number of hydrogen-bond donors (Lipinski definition) is 2. The van der Waals surface area contributed by atoms with Gasteiger partial charge in [-0.1, -0.05) is 13.8 Å². The molecule has 1 heterocycles. The second kappa shape index (κ2) is 7.22. The van der Waals surface area contributed by atoms with Crippen molar-refractivity contribution in [3.63, 3.8) is 0 Å². The van der Waals surface area contributed by atoms with E-state index in [0.29, 0.717) is 46.1 Å². The van der Waals surface area contributed by atoms with Crippen molar-refractivity contribution in [2.75, 3.05) is 28.1 Å². The number of hydrogen-bond acceptors (Lipinski definition) is 7. The maximum atomic E-state index is 11.2. The summed E-state index contributed by atoms with van der Waals surface area (Å²) in [5.74, 6) is 2.11. The molecule has 2 aromatic rings. The third-order valence-electron chi connectivity index (χ3n) is 6.09. The van der Waals surface area contributed by atoms with Crippen LogP contribution in [0.2, 0.25) is 0 Å². The first-order chi connectivity index (χ1) is 13.9. The van der Waals surface area contributed by atoms with Crippen LogP contribution in [0.4, 0.5) is 0 Å². The van der Waals surface area contributed by atoms with Crippen LogP contribution in [0.1, 0.15) is 31.1 Å². The van der Waals surface area contributed by atoms with Crippen LogP contribution in [0.25, 0.3) is 11.1 Å². The molecule has 156 valence electrons. The summed E-state index contributed by atoms with van der Waals surface area (Å²) in [7, 11) is 4.55.